The lowest BCUT2D eigenvalue weighted by Gasteiger charge is -2.14. The second kappa shape index (κ2) is 7.78. The van der Waals surface area contributed by atoms with Gasteiger partial charge in [-0.25, -0.2) is 17.2 Å². The van der Waals surface area contributed by atoms with Gasteiger partial charge in [-0.2, -0.15) is 0 Å². The van der Waals surface area contributed by atoms with E-state index in [1.165, 1.54) is 0 Å². The topological polar surface area (TPSA) is 89.3 Å². The van der Waals surface area contributed by atoms with Crippen molar-refractivity contribution >= 4 is 28.2 Å². The van der Waals surface area contributed by atoms with Gasteiger partial charge in [-0.15, -0.1) is 12.4 Å². The molecule has 3 N–H and O–H groups in total. The number of halogens is 3. The van der Waals surface area contributed by atoms with Gasteiger partial charge < -0.3 is 11.1 Å². The summed E-state index contributed by atoms with van der Waals surface area (Å²) >= 11 is 0. The average molecular weight is 295 g/mol. The van der Waals surface area contributed by atoms with E-state index in [0.717, 1.165) is 0 Å². The van der Waals surface area contributed by atoms with Crippen molar-refractivity contribution in [3.8, 4) is 0 Å². The Bertz CT molecular complexity index is 336. The second-order valence-corrected chi connectivity index (χ2v) is 5.61. The second-order valence-electron chi connectivity index (χ2n) is 3.43. The normalized spacial score (nSPS) is 11.8. The summed E-state index contributed by atoms with van der Waals surface area (Å²) in [5.74, 6) is -5.03. The van der Waals surface area contributed by atoms with E-state index in [-0.39, 0.29) is 18.2 Å². The van der Waals surface area contributed by atoms with E-state index in [1.54, 1.807) is 6.92 Å². The van der Waals surface area contributed by atoms with Crippen molar-refractivity contribution in [1.29, 1.82) is 0 Å². The number of nitrogens with two attached hydrogens (primary N) is 1. The van der Waals surface area contributed by atoms with Crippen LogP contribution in [0.2, 0.25) is 0 Å². The molecule has 0 radical (unpaired) electrons. The number of hydrogen-bond acceptors (Lipinski definition) is 4. The Balaban J connectivity index is 0. The zero-order chi connectivity index (χ0) is 12.8. The smallest absolute Gasteiger partial charge is 0.277 e. The Labute approximate surface area is 105 Å². The first kappa shape index (κ1) is 18.9. The molecule has 0 rings (SSSR count). The monoisotopic (exact) mass is 294 g/mol. The van der Waals surface area contributed by atoms with E-state index >= 15 is 0 Å². The summed E-state index contributed by atoms with van der Waals surface area (Å²) in [6.07, 6.45) is 0.384. The predicted octanol–water partition coefficient (Wildman–Crippen LogP) is -0.0568. The van der Waals surface area contributed by atoms with Crippen LogP contribution in [-0.4, -0.2) is 44.8 Å². The van der Waals surface area contributed by atoms with Crippen LogP contribution in [0.4, 0.5) is 8.78 Å². The van der Waals surface area contributed by atoms with Crippen LogP contribution in [-0.2, 0) is 14.6 Å². The minimum absolute atomic E-state index is 0. The standard InChI is InChI=1S/C8H16F2N2O3S.ClH/c1-2-3-16(14,15)4-7(13)12-6-8(9,10)5-11;/h2-6,11H2,1H3,(H,12,13);1H. The fraction of sp³-hybridized carbons (Fsp3) is 0.875. The summed E-state index contributed by atoms with van der Waals surface area (Å²) in [5.41, 5.74) is 4.75. The molecule has 0 aromatic rings. The molecule has 0 saturated heterocycles. The van der Waals surface area contributed by atoms with Crippen molar-refractivity contribution in [2.75, 3.05) is 24.6 Å². The Kier molecular flexibility index (Phi) is 8.64. The summed E-state index contributed by atoms with van der Waals surface area (Å²) in [7, 11) is -3.49. The molecule has 104 valence electrons. The number of nitrogens with one attached hydrogen (secondary N) is 1. The molecule has 0 aliphatic heterocycles. The van der Waals surface area contributed by atoms with Crippen molar-refractivity contribution in [2.45, 2.75) is 19.3 Å². The molecule has 0 spiro atoms. The van der Waals surface area contributed by atoms with Gasteiger partial charge in [-0.05, 0) is 6.42 Å². The molecule has 0 aromatic heterocycles. The lowest BCUT2D eigenvalue weighted by Crippen LogP contribution is -2.43. The highest BCUT2D eigenvalue weighted by molar-refractivity contribution is 7.92. The molecule has 17 heavy (non-hydrogen) atoms. The van der Waals surface area contributed by atoms with Crippen LogP contribution < -0.4 is 11.1 Å². The summed E-state index contributed by atoms with van der Waals surface area (Å²) in [5, 5.41) is 1.84. The van der Waals surface area contributed by atoms with Crippen molar-refractivity contribution in [2.24, 2.45) is 5.73 Å². The van der Waals surface area contributed by atoms with Crippen molar-refractivity contribution in [3.63, 3.8) is 0 Å². The van der Waals surface area contributed by atoms with Gasteiger partial charge in [0.05, 0.1) is 18.8 Å². The van der Waals surface area contributed by atoms with Crippen molar-refractivity contribution in [1.82, 2.24) is 5.32 Å². The van der Waals surface area contributed by atoms with Crippen LogP contribution in [0.5, 0.6) is 0 Å². The van der Waals surface area contributed by atoms with E-state index in [1.807, 2.05) is 5.32 Å². The minimum atomic E-state index is -3.49. The molecule has 0 aromatic carbocycles. The van der Waals surface area contributed by atoms with Gasteiger partial charge in [0, 0.05) is 0 Å². The first-order valence-corrected chi connectivity index (χ1v) is 6.59. The summed E-state index contributed by atoms with van der Waals surface area (Å²) in [4.78, 5) is 11.0. The zero-order valence-corrected chi connectivity index (χ0v) is 11.0. The van der Waals surface area contributed by atoms with E-state index in [4.69, 9.17) is 5.73 Å². The van der Waals surface area contributed by atoms with E-state index in [2.05, 4.69) is 0 Å². The highest BCUT2D eigenvalue weighted by Gasteiger charge is 2.27. The van der Waals surface area contributed by atoms with Gasteiger partial charge in [0.15, 0.2) is 9.84 Å². The molecular weight excluding hydrogens is 278 g/mol. The maximum atomic E-state index is 12.6. The maximum Gasteiger partial charge on any atom is 0.277 e. The van der Waals surface area contributed by atoms with Gasteiger partial charge in [0.2, 0.25) is 5.91 Å². The van der Waals surface area contributed by atoms with Crippen LogP contribution in [0.25, 0.3) is 0 Å². The molecule has 0 saturated carbocycles. The summed E-state index contributed by atoms with van der Waals surface area (Å²) in [6.45, 7) is -0.184. The molecule has 0 atom stereocenters. The summed E-state index contributed by atoms with van der Waals surface area (Å²) < 4.78 is 47.5. The van der Waals surface area contributed by atoms with Crippen LogP contribution in [0.1, 0.15) is 13.3 Å². The molecule has 9 heteroatoms. The average Bonchev–Trinajstić information content (AvgIpc) is 2.14. The maximum absolute atomic E-state index is 12.6. The van der Waals surface area contributed by atoms with E-state index in [9.17, 15) is 22.0 Å². The van der Waals surface area contributed by atoms with Crippen LogP contribution in [0, 0.1) is 0 Å². The van der Waals surface area contributed by atoms with E-state index < -0.39 is 40.5 Å². The van der Waals surface area contributed by atoms with Crippen molar-refractivity contribution < 1.29 is 22.0 Å². The van der Waals surface area contributed by atoms with Gasteiger partial charge >= 0.3 is 0 Å². The third-order valence-electron chi connectivity index (χ3n) is 1.71. The highest BCUT2D eigenvalue weighted by Crippen LogP contribution is 2.08. The quantitative estimate of drug-likeness (QED) is 0.688. The molecule has 0 heterocycles. The zero-order valence-electron chi connectivity index (χ0n) is 9.41. The van der Waals surface area contributed by atoms with Gasteiger partial charge in [0.1, 0.15) is 5.75 Å². The molecule has 1 amide bonds. The van der Waals surface area contributed by atoms with E-state index in [0.29, 0.717) is 6.42 Å². The molecule has 0 aliphatic rings. The third kappa shape index (κ3) is 9.25. The lowest BCUT2D eigenvalue weighted by molar-refractivity contribution is -0.120. The predicted molar refractivity (Wildman–Crippen MR) is 63.2 cm³/mol. The minimum Gasteiger partial charge on any atom is -0.349 e. The lowest BCUT2D eigenvalue weighted by atomic mass is 10.3. The number of sulfone groups is 1. The first-order valence-electron chi connectivity index (χ1n) is 4.77. The largest absolute Gasteiger partial charge is 0.349 e. The fourth-order valence-corrected chi connectivity index (χ4v) is 2.20. The molecule has 5 nitrogen and oxygen atoms in total. The fourth-order valence-electron chi connectivity index (χ4n) is 0.934. The van der Waals surface area contributed by atoms with Crippen molar-refractivity contribution in [3.05, 3.63) is 0 Å². The summed E-state index contributed by atoms with van der Waals surface area (Å²) in [6, 6.07) is 0. The molecule has 0 fully saturated rings. The molecule has 0 bridgehead atoms. The number of rotatable bonds is 7. The number of alkyl halides is 2. The number of carbonyl (C=O) groups is 1. The Morgan fingerprint density at radius 2 is 1.94 bits per heavy atom. The molecular formula is C8H17ClF2N2O3S. The first-order chi connectivity index (χ1) is 7.22. The van der Waals surface area contributed by atoms with Gasteiger partial charge in [-0.3, -0.25) is 4.79 Å². The molecule has 0 unspecified atom stereocenters. The number of hydrogen-bond donors (Lipinski definition) is 2. The van der Waals surface area contributed by atoms with Crippen LogP contribution in [0.3, 0.4) is 0 Å². The number of carbonyl (C=O) groups excluding carboxylic acids is 1. The van der Waals surface area contributed by atoms with Gasteiger partial charge in [-0.1, -0.05) is 6.92 Å². The number of amides is 1. The Morgan fingerprint density at radius 1 is 1.41 bits per heavy atom. The third-order valence-corrected chi connectivity index (χ3v) is 3.44. The molecule has 0 aliphatic carbocycles. The van der Waals surface area contributed by atoms with Crippen LogP contribution in [0.15, 0.2) is 0 Å². The highest BCUT2D eigenvalue weighted by atomic mass is 35.5. The van der Waals surface area contributed by atoms with Gasteiger partial charge in [0.25, 0.3) is 5.92 Å². The SMILES string of the molecule is CCCS(=O)(=O)CC(=O)NCC(F)(F)CN.Cl. The Hall–Kier alpha value is -0.470. The van der Waals surface area contributed by atoms with Crippen LogP contribution >= 0.6 is 12.4 Å². The Morgan fingerprint density at radius 3 is 2.35 bits per heavy atom.